The molecule has 0 bridgehead atoms. The van der Waals surface area contributed by atoms with Crippen molar-refractivity contribution in [2.45, 2.75) is 26.7 Å². The summed E-state index contributed by atoms with van der Waals surface area (Å²) < 4.78 is 0. The first-order valence-corrected chi connectivity index (χ1v) is 7.46. The lowest BCUT2D eigenvalue weighted by Crippen LogP contribution is -2.43. The highest BCUT2D eigenvalue weighted by molar-refractivity contribution is 5.99. The molecule has 0 atom stereocenters. The minimum atomic E-state index is -0.0365. The Balaban J connectivity index is 2.00. The molecule has 0 radical (unpaired) electrons. The molecule has 114 valence electrons. The Kier molecular flexibility index (Phi) is 4.83. The zero-order valence-electron chi connectivity index (χ0n) is 12.7. The predicted molar refractivity (Wildman–Crippen MR) is 82.9 cm³/mol. The largest absolute Gasteiger partial charge is 0.398 e. The normalized spacial score (nSPS) is 15.8. The summed E-state index contributed by atoms with van der Waals surface area (Å²) in [6.07, 6.45) is 1.42. The number of carbonyl (C=O) groups is 2. The van der Waals surface area contributed by atoms with Crippen molar-refractivity contribution in [1.29, 1.82) is 0 Å². The number of para-hydroxylation sites is 1. The maximum absolute atomic E-state index is 12.5. The van der Waals surface area contributed by atoms with Gasteiger partial charge in [0, 0.05) is 31.2 Å². The fourth-order valence-electron chi connectivity index (χ4n) is 2.70. The third-order valence-corrected chi connectivity index (χ3v) is 4.06. The van der Waals surface area contributed by atoms with Gasteiger partial charge in [-0.25, -0.2) is 0 Å². The second kappa shape index (κ2) is 6.61. The Labute approximate surface area is 125 Å². The topological polar surface area (TPSA) is 75.4 Å². The van der Waals surface area contributed by atoms with Gasteiger partial charge in [0.15, 0.2) is 0 Å². The van der Waals surface area contributed by atoms with Crippen LogP contribution in [-0.2, 0) is 4.79 Å². The molecule has 1 saturated heterocycles. The van der Waals surface area contributed by atoms with E-state index in [9.17, 15) is 9.59 Å². The Morgan fingerprint density at radius 1 is 1.33 bits per heavy atom. The first kappa shape index (κ1) is 15.4. The molecule has 0 saturated carbocycles. The fourth-order valence-corrected chi connectivity index (χ4v) is 2.70. The van der Waals surface area contributed by atoms with Crippen LogP contribution >= 0.6 is 0 Å². The van der Waals surface area contributed by atoms with Crippen LogP contribution in [0.25, 0.3) is 0 Å². The highest BCUT2D eigenvalue weighted by Crippen LogP contribution is 2.23. The van der Waals surface area contributed by atoms with E-state index in [4.69, 9.17) is 5.73 Å². The summed E-state index contributed by atoms with van der Waals surface area (Å²) in [4.78, 5) is 26.1. The second-order valence-electron chi connectivity index (χ2n) is 5.50. The fraction of sp³-hybridized carbons (Fsp3) is 0.500. The number of carbonyl (C=O) groups excluding carboxylic acids is 2. The number of amides is 2. The van der Waals surface area contributed by atoms with Gasteiger partial charge in [-0.1, -0.05) is 12.1 Å². The summed E-state index contributed by atoms with van der Waals surface area (Å²) in [5.41, 5.74) is 8.02. The maximum Gasteiger partial charge on any atom is 0.255 e. The molecule has 1 aromatic rings. The number of nitrogens with two attached hydrogens (primary N) is 1. The molecule has 3 N–H and O–H groups in total. The summed E-state index contributed by atoms with van der Waals surface area (Å²) in [5, 5.41) is 2.85. The Morgan fingerprint density at radius 3 is 2.62 bits per heavy atom. The van der Waals surface area contributed by atoms with Gasteiger partial charge in [-0.2, -0.15) is 0 Å². The summed E-state index contributed by atoms with van der Waals surface area (Å²) >= 11 is 0. The molecule has 1 heterocycles. The summed E-state index contributed by atoms with van der Waals surface area (Å²) in [6.45, 7) is 5.67. The summed E-state index contributed by atoms with van der Waals surface area (Å²) in [5.74, 6) is 0.0778. The minimum absolute atomic E-state index is 0.0175. The van der Waals surface area contributed by atoms with Crippen LogP contribution in [0.15, 0.2) is 18.2 Å². The van der Waals surface area contributed by atoms with Crippen LogP contribution in [0, 0.1) is 12.8 Å². The molecule has 5 nitrogen and oxygen atoms in total. The number of nitrogens with zero attached hydrogens (tertiary/aromatic N) is 1. The number of likely N-dealkylation sites (tertiary alicyclic amines) is 1. The van der Waals surface area contributed by atoms with Gasteiger partial charge in [0.25, 0.3) is 5.91 Å². The van der Waals surface area contributed by atoms with Gasteiger partial charge in [-0.3, -0.25) is 9.59 Å². The SMILES string of the molecule is CCNC(=O)C1CCN(C(=O)c2cccc(C)c2N)CC1. The molecule has 1 aromatic carbocycles. The maximum atomic E-state index is 12.5. The van der Waals surface area contributed by atoms with E-state index in [2.05, 4.69) is 5.32 Å². The summed E-state index contributed by atoms with van der Waals surface area (Å²) in [7, 11) is 0. The van der Waals surface area contributed by atoms with Crippen LogP contribution < -0.4 is 11.1 Å². The van der Waals surface area contributed by atoms with E-state index < -0.39 is 0 Å². The third kappa shape index (κ3) is 3.35. The molecule has 0 spiro atoms. The van der Waals surface area contributed by atoms with Crippen LogP contribution in [0.1, 0.15) is 35.7 Å². The molecule has 1 aliphatic heterocycles. The van der Waals surface area contributed by atoms with Crippen molar-refractivity contribution in [3.63, 3.8) is 0 Å². The molecule has 0 unspecified atom stereocenters. The Hall–Kier alpha value is -2.04. The van der Waals surface area contributed by atoms with Gasteiger partial charge in [0.05, 0.1) is 5.56 Å². The zero-order valence-corrected chi connectivity index (χ0v) is 12.7. The van der Waals surface area contributed by atoms with Crippen molar-refractivity contribution < 1.29 is 9.59 Å². The molecule has 2 amide bonds. The number of nitrogens with one attached hydrogen (secondary N) is 1. The van der Waals surface area contributed by atoms with Crippen molar-refractivity contribution >= 4 is 17.5 Å². The number of anilines is 1. The van der Waals surface area contributed by atoms with E-state index >= 15 is 0 Å². The molecule has 1 aliphatic rings. The average molecular weight is 289 g/mol. The van der Waals surface area contributed by atoms with Crippen molar-refractivity contribution in [3.8, 4) is 0 Å². The van der Waals surface area contributed by atoms with Crippen LogP contribution in [0.2, 0.25) is 0 Å². The highest BCUT2D eigenvalue weighted by Gasteiger charge is 2.28. The van der Waals surface area contributed by atoms with Crippen LogP contribution in [0.5, 0.6) is 0 Å². The monoisotopic (exact) mass is 289 g/mol. The van der Waals surface area contributed by atoms with Gasteiger partial charge in [0.2, 0.25) is 5.91 Å². The van der Waals surface area contributed by atoms with Gasteiger partial charge in [-0.15, -0.1) is 0 Å². The number of rotatable bonds is 3. The smallest absolute Gasteiger partial charge is 0.255 e. The van der Waals surface area contributed by atoms with E-state index in [1.807, 2.05) is 26.0 Å². The summed E-state index contributed by atoms with van der Waals surface area (Å²) in [6, 6.07) is 5.51. The van der Waals surface area contributed by atoms with E-state index in [1.54, 1.807) is 11.0 Å². The molecule has 2 rings (SSSR count). The number of piperidine rings is 1. The van der Waals surface area contributed by atoms with Gasteiger partial charge >= 0.3 is 0 Å². The molecule has 1 fully saturated rings. The average Bonchev–Trinajstić information content (AvgIpc) is 2.50. The van der Waals surface area contributed by atoms with Gasteiger partial charge < -0.3 is 16.0 Å². The standard InChI is InChI=1S/C16H23N3O2/c1-3-18-15(20)12-7-9-19(10-8-12)16(21)13-6-4-5-11(2)14(13)17/h4-6,12H,3,7-10,17H2,1-2H3,(H,18,20). The first-order chi connectivity index (χ1) is 10.0. The molecule has 0 aliphatic carbocycles. The quantitative estimate of drug-likeness (QED) is 0.829. The lowest BCUT2D eigenvalue weighted by Gasteiger charge is -2.31. The lowest BCUT2D eigenvalue weighted by molar-refractivity contribution is -0.126. The van der Waals surface area contributed by atoms with Crippen molar-refractivity contribution in [2.75, 3.05) is 25.4 Å². The lowest BCUT2D eigenvalue weighted by atomic mass is 9.95. The van der Waals surface area contributed by atoms with E-state index in [0.29, 0.717) is 43.7 Å². The van der Waals surface area contributed by atoms with Gasteiger partial charge in [-0.05, 0) is 38.3 Å². The number of hydrogen-bond acceptors (Lipinski definition) is 3. The van der Waals surface area contributed by atoms with E-state index in [-0.39, 0.29) is 17.7 Å². The number of aryl methyl sites for hydroxylation is 1. The first-order valence-electron chi connectivity index (χ1n) is 7.46. The number of benzene rings is 1. The Morgan fingerprint density at radius 2 is 2.00 bits per heavy atom. The van der Waals surface area contributed by atoms with E-state index in [0.717, 1.165) is 5.56 Å². The van der Waals surface area contributed by atoms with E-state index in [1.165, 1.54) is 0 Å². The molecular weight excluding hydrogens is 266 g/mol. The highest BCUT2D eigenvalue weighted by atomic mass is 16.2. The van der Waals surface area contributed by atoms with Gasteiger partial charge in [0.1, 0.15) is 0 Å². The second-order valence-corrected chi connectivity index (χ2v) is 5.50. The third-order valence-electron chi connectivity index (χ3n) is 4.06. The van der Waals surface area contributed by atoms with Crippen LogP contribution in [-0.4, -0.2) is 36.3 Å². The minimum Gasteiger partial charge on any atom is -0.398 e. The van der Waals surface area contributed by atoms with Crippen LogP contribution in [0.4, 0.5) is 5.69 Å². The number of nitrogen functional groups attached to an aromatic ring is 1. The molecular formula is C16H23N3O2. The van der Waals surface area contributed by atoms with Crippen molar-refractivity contribution in [3.05, 3.63) is 29.3 Å². The Bertz CT molecular complexity index is 534. The molecule has 0 aromatic heterocycles. The van der Waals surface area contributed by atoms with Crippen LogP contribution in [0.3, 0.4) is 0 Å². The number of hydrogen-bond donors (Lipinski definition) is 2. The van der Waals surface area contributed by atoms with Crippen molar-refractivity contribution in [2.24, 2.45) is 5.92 Å². The molecule has 21 heavy (non-hydrogen) atoms. The van der Waals surface area contributed by atoms with Crippen molar-refractivity contribution in [1.82, 2.24) is 10.2 Å². The molecule has 5 heteroatoms. The zero-order chi connectivity index (χ0) is 15.4. The predicted octanol–water partition coefficient (Wildman–Crippen LogP) is 1.57.